The molecule has 1 aromatic rings. The van der Waals surface area contributed by atoms with Crippen molar-refractivity contribution in [2.45, 2.75) is 19.8 Å². The Bertz CT molecular complexity index is 378. The minimum Gasteiger partial charge on any atom is -0.356 e. The van der Waals surface area contributed by atoms with Crippen molar-refractivity contribution in [1.29, 1.82) is 0 Å². The molecule has 0 aromatic heterocycles. The second-order valence-electron chi connectivity index (χ2n) is 4.92. The molecule has 1 aromatic carbocycles. The number of carbonyl (C=O) groups excluding carboxylic acids is 1. The van der Waals surface area contributed by atoms with E-state index < -0.39 is 0 Å². The number of carbonyl (C=O) groups is 1. The molecular formula is C14H20N2O. The third-order valence-electron chi connectivity index (χ3n) is 3.50. The number of fused-ring (bicyclic) bond motifs is 1. The van der Waals surface area contributed by atoms with E-state index in [0.29, 0.717) is 12.5 Å². The van der Waals surface area contributed by atoms with E-state index in [2.05, 4.69) is 29.6 Å². The van der Waals surface area contributed by atoms with Gasteiger partial charge in [0.1, 0.15) is 0 Å². The Morgan fingerprint density at radius 1 is 1.41 bits per heavy atom. The minimum absolute atomic E-state index is 0.0726. The zero-order chi connectivity index (χ0) is 12.3. The van der Waals surface area contributed by atoms with Crippen LogP contribution < -0.4 is 11.1 Å². The number of amides is 1. The lowest BCUT2D eigenvalue weighted by molar-refractivity contribution is -0.124. The molecule has 0 saturated carbocycles. The van der Waals surface area contributed by atoms with Gasteiger partial charge in [0, 0.05) is 19.0 Å². The van der Waals surface area contributed by atoms with Crippen LogP contribution in [-0.2, 0) is 17.6 Å². The average molecular weight is 232 g/mol. The van der Waals surface area contributed by atoms with Gasteiger partial charge < -0.3 is 11.1 Å². The van der Waals surface area contributed by atoms with Gasteiger partial charge in [0.25, 0.3) is 0 Å². The number of hydrogen-bond acceptors (Lipinski definition) is 2. The maximum Gasteiger partial charge on any atom is 0.224 e. The van der Waals surface area contributed by atoms with E-state index in [1.807, 2.05) is 6.92 Å². The normalized spacial score (nSPS) is 16.6. The molecule has 1 unspecified atom stereocenters. The zero-order valence-corrected chi connectivity index (χ0v) is 10.3. The van der Waals surface area contributed by atoms with Gasteiger partial charge in [-0.2, -0.15) is 0 Å². The Kier molecular flexibility index (Phi) is 3.79. The molecule has 0 spiro atoms. The first kappa shape index (κ1) is 12.1. The highest BCUT2D eigenvalue weighted by molar-refractivity contribution is 5.78. The topological polar surface area (TPSA) is 55.1 Å². The van der Waals surface area contributed by atoms with Crippen molar-refractivity contribution in [3.63, 3.8) is 0 Å². The molecule has 0 heterocycles. The summed E-state index contributed by atoms with van der Waals surface area (Å²) in [5.41, 5.74) is 8.32. The second-order valence-corrected chi connectivity index (χ2v) is 4.92. The number of hydrogen-bond donors (Lipinski definition) is 2. The first-order valence-corrected chi connectivity index (χ1v) is 6.25. The summed E-state index contributed by atoms with van der Waals surface area (Å²) in [6.07, 6.45) is 2.15. The van der Waals surface area contributed by atoms with Gasteiger partial charge in [0.05, 0.1) is 0 Å². The van der Waals surface area contributed by atoms with Crippen LogP contribution in [-0.4, -0.2) is 19.0 Å². The molecule has 1 atom stereocenters. The van der Waals surface area contributed by atoms with Gasteiger partial charge in [0.15, 0.2) is 0 Å². The van der Waals surface area contributed by atoms with Gasteiger partial charge in [0.2, 0.25) is 5.91 Å². The summed E-state index contributed by atoms with van der Waals surface area (Å²) in [6, 6.07) is 8.52. The largest absolute Gasteiger partial charge is 0.356 e. The number of rotatable bonds is 4. The van der Waals surface area contributed by atoms with Crippen LogP contribution in [0.5, 0.6) is 0 Å². The Hall–Kier alpha value is -1.35. The molecule has 0 aliphatic heterocycles. The zero-order valence-electron chi connectivity index (χ0n) is 10.3. The lowest BCUT2D eigenvalue weighted by Crippen LogP contribution is -2.36. The Labute approximate surface area is 102 Å². The van der Waals surface area contributed by atoms with E-state index >= 15 is 0 Å². The Balaban J connectivity index is 1.82. The fourth-order valence-corrected chi connectivity index (χ4v) is 2.32. The summed E-state index contributed by atoms with van der Waals surface area (Å²) < 4.78 is 0. The van der Waals surface area contributed by atoms with Crippen LogP contribution in [0.15, 0.2) is 24.3 Å². The average Bonchev–Trinajstić information content (AvgIpc) is 2.77. The molecule has 2 rings (SSSR count). The lowest BCUT2D eigenvalue weighted by Gasteiger charge is -2.13. The highest BCUT2D eigenvalue weighted by Gasteiger charge is 2.21. The molecule has 3 nitrogen and oxygen atoms in total. The molecule has 92 valence electrons. The van der Waals surface area contributed by atoms with Gasteiger partial charge >= 0.3 is 0 Å². The Morgan fingerprint density at radius 2 is 2.00 bits per heavy atom. The molecule has 3 N–H and O–H groups in total. The summed E-state index contributed by atoms with van der Waals surface area (Å²) in [5, 5.41) is 2.99. The van der Waals surface area contributed by atoms with E-state index in [1.54, 1.807) is 0 Å². The molecule has 1 amide bonds. The predicted molar refractivity (Wildman–Crippen MR) is 68.6 cm³/mol. The summed E-state index contributed by atoms with van der Waals surface area (Å²) in [4.78, 5) is 11.6. The first-order chi connectivity index (χ1) is 8.20. The van der Waals surface area contributed by atoms with Crippen molar-refractivity contribution in [2.24, 2.45) is 17.6 Å². The molecule has 3 heteroatoms. The van der Waals surface area contributed by atoms with Crippen molar-refractivity contribution in [3.8, 4) is 0 Å². The van der Waals surface area contributed by atoms with Gasteiger partial charge in [-0.05, 0) is 29.9 Å². The molecule has 0 saturated heterocycles. The summed E-state index contributed by atoms with van der Waals surface area (Å²) in [6.45, 7) is 3.04. The van der Waals surface area contributed by atoms with Crippen LogP contribution in [0.25, 0.3) is 0 Å². The Morgan fingerprint density at radius 3 is 2.53 bits per heavy atom. The van der Waals surface area contributed by atoms with E-state index in [9.17, 15) is 4.79 Å². The highest BCUT2D eigenvalue weighted by Crippen LogP contribution is 2.25. The van der Waals surface area contributed by atoms with Crippen molar-refractivity contribution < 1.29 is 4.79 Å². The molecule has 17 heavy (non-hydrogen) atoms. The molecule has 0 fully saturated rings. The van der Waals surface area contributed by atoms with Crippen molar-refractivity contribution >= 4 is 5.91 Å². The van der Waals surface area contributed by atoms with Gasteiger partial charge in [-0.3, -0.25) is 4.79 Å². The van der Waals surface area contributed by atoms with Gasteiger partial charge in [-0.15, -0.1) is 0 Å². The fraction of sp³-hybridized carbons (Fsp3) is 0.500. The molecule has 0 radical (unpaired) electrons. The summed E-state index contributed by atoms with van der Waals surface area (Å²) in [7, 11) is 0. The maximum absolute atomic E-state index is 11.6. The van der Waals surface area contributed by atoms with E-state index in [-0.39, 0.29) is 11.8 Å². The molecule has 1 aliphatic rings. The monoisotopic (exact) mass is 232 g/mol. The summed E-state index contributed by atoms with van der Waals surface area (Å²) >= 11 is 0. The van der Waals surface area contributed by atoms with E-state index in [0.717, 1.165) is 19.4 Å². The SMILES string of the molecule is CC(CN)C(=O)NCC1Cc2ccccc2C1. The quantitative estimate of drug-likeness (QED) is 0.817. The predicted octanol–water partition coefficient (Wildman–Crippen LogP) is 1.11. The van der Waals surface area contributed by atoms with E-state index in [4.69, 9.17) is 5.73 Å². The van der Waals surface area contributed by atoms with Crippen molar-refractivity contribution in [1.82, 2.24) is 5.32 Å². The standard InChI is InChI=1S/C14H20N2O/c1-10(8-15)14(17)16-9-11-6-12-4-2-3-5-13(12)7-11/h2-5,10-11H,6-9,15H2,1H3,(H,16,17). The number of nitrogens with one attached hydrogen (secondary N) is 1. The number of benzene rings is 1. The number of nitrogens with two attached hydrogens (primary N) is 1. The van der Waals surface area contributed by atoms with Crippen molar-refractivity contribution in [2.75, 3.05) is 13.1 Å². The smallest absolute Gasteiger partial charge is 0.224 e. The third kappa shape index (κ3) is 2.86. The van der Waals surface area contributed by atoms with Crippen molar-refractivity contribution in [3.05, 3.63) is 35.4 Å². The van der Waals surface area contributed by atoms with Crippen LogP contribution >= 0.6 is 0 Å². The maximum atomic E-state index is 11.6. The highest BCUT2D eigenvalue weighted by atomic mass is 16.1. The minimum atomic E-state index is -0.0845. The molecule has 1 aliphatic carbocycles. The van der Waals surface area contributed by atoms with Crippen LogP contribution in [0.3, 0.4) is 0 Å². The first-order valence-electron chi connectivity index (χ1n) is 6.25. The lowest BCUT2D eigenvalue weighted by atomic mass is 10.1. The van der Waals surface area contributed by atoms with Crippen LogP contribution in [0.2, 0.25) is 0 Å². The summed E-state index contributed by atoms with van der Waals surface area (Å²) in [5.74, 6) is 0.531. The second kappa shape index (κ2) is 5.32. The molecule has 0 bridgehead atoms. The fourth-order valence-electron chi connectivity index (χ4n) is 2.32. The van der Waals surface area contributed by atoms with Gasteiger partial charge in [-0.1, -0.05) is 31.2 Å². The van der Waals surface area contributed by atoms with Gasteiger partial charge in [-0.25, -0.2) is 0 Å². The molecular weight excluding hydrogens is 212 g/mol. The van der Waals surface area contributed by atoms with Crippen LogP contribution in [0, 0.1) is 11.8 Å². The van der Waals surface area contributed by atoms with E-state index in [1.165, 1.54) is 11.1 Å². The third-order valence-corrected chi connectivity index (χ3v) is 3.50. The van der Waals surface area contributed by atoms with Crippen LogP contribution in [0.4, 0.5) is 0 Å². The van der Waals surface area contributed by atoms with Crippen LogP contribution in [0.1, 0.15) is 18.1 Å².